The molecule has 7 aromatic rings. The number of benzene rings is 5. The number of hydrogen-bond acceptors (Lipinski definition) is 13. The smallest absolute Gasteiger partial charge is 0.245 e. The van der Waals surface area contributed by atoms with Crippen LogP contribution in [0.5, 0.6) is 17.2 Å². The number of likely N-dealkylation sites (tertiary alicyclic amines) is 1. The maximum atomic E-state index is 16.0. The molecular formula is C43H46N10O7S2. The quantitative estimate of drug-likeness (QED) is 0.118. The minimum absolute atomic E-state index is 0.0825. The van der Waals surface area contributed by atoms with E-state index in [9.17, 15) is 8.42 Å². The van der Waals surface area contributed by atoms with Gasteiger partial charge in [0.2, 0.25) is 25.9 Å². The molecule has 0 bridgehead atoms. The number of H-pyrrole nitrogens is 1. The highest BCUT2D eigenvalue weighted by Gasteiger charge is 2.39. The molecule has 0 amide bonds. The number of tetrazole rings is 1. The number of rotatable bonds is 16. The van der Waals surface area contributed by atoms with Gasteiger partial charge in [-0.25, -0.2) is 26.5 Å². The molecule has 1 atom stereocenters. The van der Waals surface area contributed by atoms with Crippen LogP contribution in [0.2, 0.25) is 0 Å². The maximum absolute atomic E-state index is 16.0. The van der Waals surface area contributed by atoms with Crippen molar-refractivity contribution in [3.8, 4) is 39.8 Å². The van der Waals surface area contributed by atoms with Gasteiger partial charge >= 0.3 is 0 Å². The molecule has 2 aromatic heterocycles. The van der Waals surface area contributed by atoms with Crippen molar-refractivity contribution < 1.29 is 31.0 Å². The molecule has 0 aliphatic carbocycles. The van der Waals surface area contributed by atoms with Gasteiger partial charge in [-0.2, -0.15) is 9.10 Å². The van der Waals surface area contributed by atoms with Crippen molar-refractivity contribution in [3.63, 3.8) is 0 Å². The summed E-state index contributed by atoms with van der Waals surface area (Å²) in [7, 11) is -2.83. The average molecular weight is 879 g/mol. The zero-order valence-corrected chi connectivity index (χ0v) is 36.2. The van der Waals surface area contributed by atoms with E-state index in [1.165, 1.54) is 15.2 Å². The lowest BCUT2D eigenvalue weighted by molar-refractivity contribution is 0.396. The van der Waals surface area contributed by atoms with E-state index in [1.807, 2.05) is 24.1 Å². The van der Waals surface area contributed by atoms with Crippen LogP contribution in [0.15, 0.2) is 113 Å². The first-order valence-corrected chi connectivity index (χ1v) is 22.6. The van der Waals surface area contributed by atoms with Gasteiger partial charge < -0.3 is 29.8 Å². The maximum Gasteiger partial charge on any atom is 0.245 e. The Kier molecular flexibility index (Phi) is 12.0. The average Bonchev–Trinajstić information content (AvgIpc) is 4.02. The van der Waals surface area contributed by atoms with Crippen LogP contribution >= 0.6 is 0 Å². The van der Waals surface area contributed by atoms with Gasteiger partial charge in [-0.05, 0) is 96.0 Å². The van der Waals surface area contributed by atoms with Crippen molar-refractivity contribution in [1.82, 2.24) is 44.1 Å². The van der Waals surface area contributed by atoms with Crippen LogP contribution in [0.25, 0.3) is 33.5 Å². The number of sulfonamides is 2. The van der Waals surface area contributed by atoms with Crippen LogP contribution in [-0.2, 0) is 39.7 Å². The Morgan fingerprint density at radius 2 is 1.39 bits per heavy atom. The molecule has 0 saturated carbocycles. The summed E-state index contributed by atoms with van der Waals surface area (Å²) in [5, 5.41) is 13.5. The fourth-order valence-electron chi connectivity index (χ4n) is 7.59. The number of methoxy groups -OCH3 is 3. The van der Waals surface area contributed by atoms with E-state index in [0.29, 0.717) is 64.5 Å². The zero-order chi connectivity index (χ0) is 43.6. The number of para-hydroxylation sites is 1. The van der Waals surface area contributed by atoms with Gasteiger partial charge in [0.15, 0.2) is 5.95 Å². The SMILES string of the molecule is COc1ccc(CN(Cc2ccc(OC)cc2)S(=O)(=O)c2c(S(=O)(=O)N[C@@H]3CCN(C)C3)ccc(-c3cccc4[nH]c(N)nc34)c2-c2nnn(Cc3ccc(OC)cc3)n2)cc1. The Morgan fingerprint density at radius 3 is 1.95 bits per heavy atom. The number of aromatic nitrogens is 6. The number of anilines is 1. The van der Waals surface area contributed by atoms with Crippen molar-refractivity contribution in [2.45, 2.75) is 41.9 Å². The molecular weight excluding hydrogens is 833 g/mol. The minimum Gasteiger partial charge on any atom is -0.497 e. The van der Waals surface area contributed by atoms with Gasteiger partial charge in [-0.15, -0.1) is 10.2 Å². The molecule has 1 aliphatic rings. The highest BCUT2D eigenvalue weighted by atomic mass is 32.2. The molecule has 0 unspecified atom stereocenters. The van der Waals surface area contributed by atoms with Gasteiger partial charge in [0, 0.05) is 31.2 Å². The van der Waals surface area contributed by atoms with Crippen LogP contribution in [0.4, 0.5) is 5.95 Å². The summed E-state index contributed by atoms with van der Waals surface area (Å²) in [6.07, 6.45) is 0.535. The zero-order valence-electron chi connectivity index (χ0n) is 34.5. The second kappa shape index (κ2) is 17.5. The van der Waals surface area contributed by atoms with E-state index in [4.69, 9.17) is 25.0 Å². The topological polar surface area (TPSA) is 213 Å². The highest BCUT2D eigenvalue weighted by Crippen LogP contribution is 2.43. The molecule has 5 aromatic carbocycles. The number of nitrogens with one attached hydrogen (secondary N) is 2. The summed E-state index contributed by atoms with van der Waals surface area (Å²) >= 11 is 0. The van der Waals surface area contributed by atoms with Crippen LogP contribution in [-0.4, -0.2) is 104 Å². The number of fused-ring (bicyclic) bond motifs is 1. The molecule has 322 valence electrons. The summed E-state index contributed by atoms with van der Waals surface area (Å²) in [5.41, 5.74) is 9.88. The monoisotopic (exact) mass is 878 g/mol. The number of imidazole rings is 1. The number of aromatic amines is 1. The molecule has 1 fully saturated rings. The first kappa shape index (κ1) is 42.3. The Bertz CT molecular complexity index is 2870. The molecule has 0 radical (unpaired) electrons. The fourth-order valence-corrected chi connectivity index (χ4v) is 11.3. The summed E-state index contributed by atoms with van der Waals surface area (Å²) in [4.78, 5) is 9.92. The van der Waals surface area contributed by atoms with Gasteiger partial charge in [0.25, 0.3) is 0 Å². The van der Waals surface area contributed by atoms with E-state index in [2.05, 4.69) is 25.0 Å². The van der Waals surface area contributed by atoms with Crippen molar-refractivity contribution in [3.05, 3.63) is 120 Å². The standard InChI is InChI=1S/C43H46N10O7S2/c1-51-23-22-31(27-51)49-61(54,55)38-21-20-35(36-6-5-7-37-40(36)46-43(44)45-37)39(42-47-50-53(48-42)26-30-12-18-34(60-4)19-13-30)41(38)62(56,57)52(24-28-8-14-32(58-2)15-9-28)25-29-10-16-33(59-3)17-11-29/h5-21,31,49H,22-27H2,1-4H3,(H3,44,45,46)/t31-/m1/s1. The number of nitrogens with two attached hydrogens (primary N) is 1. The summed E-state index contributed by atoms with van der Waals surface area (Å²) in [5.74, 6) is 1.85. The normalized spacial score (nSPS) is 14.8. The second-order valence-electron chi connectivity index (χ2n) is 15.0. The van der Waals surface area contributed by atoms with E-state index >= 15 is 8.42 Å². The molecule has 8 rings (SSSR count). The Balaban J connectivity index is 1.38. The van der Waals surface area contributed by atoms with Gasteiger partial charge in [0.05, 0.1) is 44.5 Å². The Labute approximate surface area is 359 Å². The highest BCUT2D eigenvalue weighted by molar-refractivity contribution is 7.92. The van der Waals surface area contributed by atoms with E-state index in [1.54, 1.807) is 106 Å². The van der Waals surface area contributed by atoms with Gasteiger partial charge in [-0.1, -0.05) is 54.6 Å². The van der Waals surface area contributed by atoms with Crippen LogP contribution in [0, 0.1) is 0 Å². The molecule has 0 spiro atoms. The Morgan fingerprint density at radius 1 is 0.790 bits per heavy atom. The molecule has 62 heavy (non-hydrogen) atoms. The lowest BCUT2D eigenvalue weighted by atomic mass is 9.98. The molecule has 4 N–H and O–H groups in total. The van der Waals surface area contributed by atoms with E-state index in [0.717, 1.165) is 5.56 Å². The minimum atomic E-state index is -4.84. The number of likely N-dealkylation sites (N-methyl/N-ethyl adjacent to an activating group) is 1. The third kappa shape index (κ3) is 8.84. The van der Waals surface area contributed by atoms with Gasteiger partial charge in [0.1, 0.15) is 27.0 Å². The number of nitrogen functional groups attached to an aromatic ring is 1. The molecule has 19 heteroatoms. The van der Waals surface area contributed by atoms with Gasteiger partial charge in [-0.3, -0.25) is 0 Å². The predicted octanol–water partition coefficient (Wildman–Crippen LogP) is 4.91. The lowest BCUT2D eigenvalue weighted by Gasteiger charge is -2.26. The summed E-state index contributed by atoms with van der Waals surface area (Å²) in [6, 6.07) is 29.0. The van der Waals surface area contributed by atoms with E-state index in [-0.39, 0.29) is 42.5 Å². The Hall–Kier alpha value is -6.38. The number of nitrogens with zero attached hydrogens (tertiary/aromatic N) is 7. The first-order chi connectivity index (χ1) is 29.8. The van der Waals surface area contributed by atoms with Crippen LogP contribution in [0.1, 0.15) is 23.1 Å². The second-order valence-corrected chi connectivity index (χ2v) is 18.5. The van der Waals surface area contributed by atoms with Crippen molar-refractivity contribution >= 4 is 37.0 Å². The third-order valence-electron chi connectivity index (χ3n) is 10.7. The van der Waals surface area contributed by atoms with E-state index < -0.39 is 35.9 Å². The molecule has 17 nitrogen and oxygen atoms in total. The van der Waals surface area contributed by atoms with Crippen molar-refractivity contribution in [2.75, 3.05) is 47.2 Å². The number of ether oxygens (including phenoxy) is 3. The lowest BCUT2D eigenvalue weighted by Crippen LogP contribution is -2.38. The largest absolute Gasteiger partial charge is 0.497 e. The molecule has 1 aliphatic heterocycles. The molecule has 3 heterocycles. The fraction of sp³-hybridized carbons (Fsp3) is 0.256. The van der Waals surface area contributed by atoms with Crippen LogP contribution < -0.4 is 24.7 Å². The molecule has 1 saturated heterocycles. The summed E-state index contributed by atoms with van der Waals surface area (Å²) < 4.78 is 81.8. The van der Waals surface area contributed by atoms with Crippen molar-refractivity contribution in [1.29, 1.82) is 0 Å². The third-order valence-corrected chi connectivity index (χ3v) is 14.3. The van der Waals surface area contributed by atoms with Crippen LogP contribution in [0.3, 0.4) is 0 Å². The predicted molar refractivity (Wildman–Crippen MR) is 233 cm³/mol. The number of hydrogen-bond donors (Lipinski definition) is 3. The first-order valence-electron chi connectivity index (χ1n) is 19.6. The van der Waals surface area contributed by atoms with Crippen molar-refractivity contribution in [2.24, 2.45) is 0 Å². The summed E-state index contributed by atoms with van der Waals surface area (Å²) in [6.45, 7) is 0.974.